The van der Waals surface area contributed by atoms with Crippen LogP contribution in [0.4, 0.5) is 0 Å². The van der Waals surface area contributed by atoms with Crippen LogP contribution in [0.15, 0.2) is 18.2 Å². The first-order valence-electron chi connectivity index (χ1n) is 11.1. The van der Waals surface area contributed by atoms with Gasteiger partial charge >= 0.3 is 0 Å². The fourth-order valence-corrected chi connectivity index (χ4v) is 5.01. The molecule has 5 nitrogen and oxygen atoms in total. The molecule has 2 aliphatic heterocycles. The van der Waals surface area contributed by atoms with Gasteiger partial charge in [0.1, 0.15) is 5.75 Å². The number of benzene rings is 1. The van der Waals surface area contributed by atoms with Gasteiger partial charge in [-0.25, -0.2) is 0 Å². The third kappa shape index (κ3) is 5.82. The van der Waals surface area contributed by atoms with Gasteiger partial charge in [0.25, 0.3) is 0 Å². The third-order valence-electron chi connectivity index (χ3n) is 6.60. The summed E-state index contributed by atoms with van der Waals surface area (Å²) in [6.07, 6.45) is 6.44. The molecular weight excluding hydrogens is 423 g/mol. The molecule has 0 radical (unpaired) electrons. The molecule has 0 unspecified atom stereocenters. The minimum absolute atomic E-state index is 0. The molecule has 1 aromatic rings. The molecule has 168 valence electrons. The first kappa shape index (κ1) is 23.6. The van der Waals surface area contributed by atoms with E-state index in [4.69, 9.17) is 21.1 Å². The second-order valence-corrected chi connectivity index (χ2v) is 9.27. The lowest BCUT2D eigenvalue weighted by Crippen LogP contribution is -2.44. The van der Waals surface area contributed by atoms with Crippen LogP contribution in [-0.2, 0) is 16.1 Å². The fourth-order valence-electron chi connectivity index (χ4n) is 4.78. The molecule has 0 N–H and O–H groups in total. The van der Waals surface area contributed by atoms with Gasteiger partial charge in [0.05, 0.1) is 11.1 Å². The molecule has 3 aliphatic rings. The van der Waals surface area contributed by atoms with Gasteiger partial charge in [-0.05, 0) is 69.2 Å². The predicted octanol–water partition coefficient (Wildman–Crippen LogP) is 4.40. The number of hydrogen-bond acceptors (Lipinski definition) is 4. The molecule has 0 spiro atoms. The molecule has 0 bridgehead atoms. The number of carbonyl (C=O) groups is 1. The Bertz CT molecular complexity index is 700. The Labute approximate surface area is 191 Å². The number of likely N-dealkylation sites (tertiary alicyclic amines) is 1. The molecule has 1 amide bonds. The first-order chi connectivity index (χ1) is 14.1. The highest BCUT2D eigenvalue weighted by Gasteiger charge is 2.34. The summed E-state index contributed by atoms with van der Waals surface area (Å²) in [5.41, 5.74) is 1.16. The fraction of sp³-hybridized carbons (Fsp3) is 0.696. The Morgan fingerprint density at radius 2 is 1.93 bits per heavy atom. The highest BCUT2D eigenvalue weighted by molar-refractivity contribution is 6.32. The summed E-state index contributed by atoms with van der Waals surface area (Å²) in [5.74, 6) is 1.73. The van der Waals surface area contributed by atoms with Gasteiger partial charge in [0, 0.05) is 39.3 Å². The number of hydrogen-bond donors (Lipinski definition) is 0. The summed E-state index contributed by atoms with van der Waals surface area (Å²) in [6, 6.07) is 6.13. The lowest BCUT2D eigenvalue weighted by molar-refractivity contribution is -0.138. The van der Waals surface area contributed by atoms with E-state index in [-0.39, 0.29) is 30.3 Å². The standard InChI is InChI=1S/C23H33ClN2O3.ClH/c1-25(23(27)18-7-11-28-12-8-18)15-17-13-20(14-17)29-21-6-4-5-19(22(21)24)16-26-9-2-3-10-26;/h4-6,17-18,20H,2-3,7-16H2,1H3;1H/t17-,20-;. The van der Waals surface area contributed by atoms with Crippen molar-refractivity contribution in [1.29, 1.82) is 0 Å². The quantitative estimate of drug-likeness (QED) is 0.609. The van der Waals surface area contributed by atoms with E-state index >= 15 is 0 Å². The van der Waals surface area contributed by atoms with Gasteiger partial charge in [-0.15, -0.1) is 12.4 Å². The van der Waals surface area contributed by atoms with Gasteiger partial charge in [0.15, 0.2) is 0 Å². The van der Waals surface area contributed by atoms with Gasteiger partial charge < -0.3 is 14.4 Å². The number of ether oxygens (including phenoxy) is 2. The van der Waals surface area contributed by atoms with Crippen LogP contribution in [0.25, 0.3) is 0 Å². The second kappa shape index (κ2) is 11.0. The molecule has 0 aromatic heterocycles. The molecule has 1 aliphatic carbocycles. The Balaban J connectivity index is 0.00000256. The highest BCUT2D eigenvalue weighted by Crippen LogP contribution is 2.36. The van der Waals surface area contributed by atoms with Gasteiger partial charge in [-0.2, -0.15) is 0 Å². The zero-order chi connectivity index (χ0) is 20.2. The van der Waals surface area contributed by atoms with Crippen molar-refractivity contribution in [3.8, 4) is 5.75 Å². The number of amides is 1. The van der Waals surface area contributed by atoms with E-state index < -0.39 is 0 Å². The smallest absolute Gasteiger partial charge is 0.225 e. The monoisotopic (exact) mass is 456 g/mol. The Morgan fingerprint density at radius 1 is 1.23 bits per heavy atom. The third-order valence-corrected chi connectivity index (χ3v) is 7.03. The van der Waals surface area contributed by atoms with Crippen molar-refractivity contribution in [2.24, 2.45) is 11.8 Å². The lowest BCUT2D eigenvalue weighted by atomic mass is 9.81. The van der Waals surface area contributed by atoms with Crippen molar-refractivity contribution in [2.75, 3.05) is 39.9 Å². The van der Waals surface area contributed by atoms with Crippen LogP contribution in [0.3, 0.4) is 0 Å². The van der Waals surface area contributed by atoms with Crippen molar-refractivity contribution in [3.63, 3.8) is 0 Å². The molecule has 7 heteroatoms. The van der Waals surface area contributed by atoms with Crippen molar-refractivity contribution in [3.05, 3.63) is 28.8 Å². The minimum atomic E-state index is 0. The molecule has 30 heavy (non-hydrogen) atoms. The zero-order valence-electron chi connectivity index (χ0n) is 17.9. The van der Waals surface area contributed by atoms with Gasteiger partial charge in [-0.1, -0.05) is 23.7 Å². The topological polar surface area (TPSA) is 42.0 Å². The van der Waals surface area contributed by atoms with Crippen molar-refractivity contribution >= 4 is 29.9 Å². The summed E-state index contributed by atoms with van der Waals surface area (Å²) in [4.78, 5) is 17.0. The molecule has 4 rings (SSSR count). The predicted molar refractivity (Wildman–Crippen MR) is 122 cm³/mol. The Kier molecular flexibility index (Phi) is 8.70. The van der Waals surface area contributed by atoms with Crippen LogP contribution >= 0.6 is 24.0 Å². The second-order valence-electron chi connectivity index (χ2n) is 8.90. The van der Waals surface area contributed by atoms with Crippen molar-refractivity contribution < 1.29 is 14.3 Å². The molecule has 2 saturated heterocycles. The zero-order valence-corrected chi connectivity index (χ0v) is 19.4. The summed E-state index contributed by atoms with van der Waals surface area (Å²) < 4.78 is 11.6. The largest absolute Gasteiger partial charge is 0.489 e. The van der Waals surface area contributed by atoms with Crippen LogP contribution in [0.2, 0.25) is 5.02 Å². The maximum absolute atomic E-state index is 12.6. The van der Waals surface area contributed by atoms with Gasteiger partial charge in [-0.3, -0.25) is 9.69 Å². The number of rotatable bonds is 7. The van der Waals surface area contributed by atoms with Crippen LogP contribution in [0.5, 0.6) is 5.75 Å². The van der Waals surface area contributed by atoms with E-state index in [2.05, 4.69) is 11.0 Å². The first-order valence-corrected chi connectivity index (χ1v) is 11.5. The number of halogens is 2. The van der Waals surface area contributed by atoms with Crippen molar-refractivity contribution in [1.82, 2.24) is 9.80 Å². The molecule has 1 saturated carbocycles. The summed E-state index contributed by atoms with van der Waals surface area (Å²) >= 11 is 6.65. The number of nitrogens with zero attached hydrogens (tertiary/aromatic N) is 2. The van der Waals surface area contributed by atoms with Crippen LogP contribution in [0, 0.1) is 11.8 Å². The minimum Gasteiger partial charge on any atom is -0.489 e. The summed E-state index contributed by atoms with van der Waals surface area (Å²) in [6.45, 7) is 5.46. The SMILES string of the molecule is CN(C[C@H]1C[C@H](Oc2cccc(CN3CCCC3)c2Cl)C1)C(=O)C1CCOCC1.Cl. The summed E-state index contributed by atoms with van der Waals surface area (Å²) in [7, 11) is 1.94. The van der Waals surface area contributed by atoms with Crippen LogP contribution in [0.1, 0.15) is 44.1 Å². The van der Waals surface area contributed by atoms with E-state index in [1.807, 2.05) is 24.1 Å². The molecule has 0 atom stereocenters. The maximum atomic E-state index is 12.6. The lowest BCUT2D eigenvalue weighted by Gasteiger charge is -2.38. The average molecular weight is 457 g/mol. The number of carbonyl (C=O) groups excluding carboxylic acids is 1. The average Bonchev–Trinajstić information content (AvgIpc) is 3.22. The van der Waals surface area contributed by atoms with Gasteiger partial charge in [0.2, 0.25) is 5.91 Å². The van der Waals surface area contributed by atoms with E-state index in [1.165, 1.54) is 12.8 Å². The van der Waals surface area contributed by atoms with E-state index in [0.717, 1.165) is 68.2 Å². The Hall–Kier alpha value is -1.01. The van der Waals surface area contributed by atoms with Crippen LogP contribution in [-0.4, -0.2) is 61.7 Å². The Morgan fingerprint density at radius 3 is 2.63 bits per heavy atom. The van der Waals surface area contributed by atoms with E-state index in [0.29, 0.717) is 19.1 Å². The van der Waals surface area contributed by atoms with Crippen LogP contribution < -0.4 is 4.74 Å². The van der Waals surface area contributed by atoms with Crippen molar-refractivity contribution in [2.45, 2.75) is 51.2 Å². The van der Waals surface area contributed by atoms with E-state index in [9.17, 15) is 4.79 Å². The van der Waals surface area contributed by atoms with E-state index in [1.54, 1.807) is 0 Å². The molecular formula is C23H34Cl2N2O3. The molecule has 3 fully saturated rings. The molecule has 2 heterocycles. The molecule has 1 aromatic carbocycles. The highest BCUT2D eigenvalue weighted by atomic mass is 35.5. The normalized spacial score (nSPS) is 24.7. The summed E-state index contributed by atoms with van der Waals surface area (Å²) in [5, 5.41) is 0.759. The maximum Gasteiger partial charge on any atom is 0.225 e.